The van der Waals surface area contributed by atoms with Crippen molar-refractivity contribution in [1.82, 2.24) is 20.2 Å². The molecule has 1 aliphatic rings. The van der Waals surface area contributed by atoms with Crippen LogP contribution in [0.4, 0.5) is 24.5 Å². The van der Waals surface area contributed by atoms with E-state index in [4.69, 9.17) is 4.74 Å². The maximum atomic E-state index is 13.2. The van der Waals surface area contributed by atoms with Crippen molar-refractivity contribution >= 4 is 45.0 Å². The highest BCUT2D eigenvalue weighted by molar-refractivity contribution is 9.10. The quantitative estimate of drug-likeness (QED) is 0.471. The molecule has 13 heteroatoms. The molecular weight excluding hydrogens is 525 g/mol. The number of nitrogens with zero attached hydrogens (tertiary/aromatic N) is 5. The van der Waals surface area contributed by atoms with Gasteiger partial charge in [0.25, 0.3) is 0 Å². The van der Waals surface area contributed by atoms with Crippen LogP contribution in [0.25, 0.3) is 5.69 Å². The highest BCUT2D eigenvalue weighted by atomic mass is 79.9. The minimum absolute atomic E-state index is 0.0273. The SMILES string of the molecule is O=C(CSc1nnnn1-c1ccc(Br)cc1)Nc1ccc(C(F)(F)F)cc1N1CCOCC1. The van der Waals surface area contributed by atoms with Crippen LogP contribution in [0.15, 0.2) is 52.1 Å². The molecule has 0 aliphatic carbocycles. The summed E-state index contributed by atoms with van der Waals surface area (Å²) in [6.45, 7) is 1.66. The number of morpholine rings is 1. The van der Waals surface area contributed by atoms with Gasteiger partial charge in [-0.3, -0.25) is 4.79 Å². The summed E-state index contributed by atoms with van der Waals surface area (Å²) >= 11 is 4.48. The van der Waals surface area contributed by atoms with E-state index in [2.05, 4.69) is 36.8 Å². The molecule has 1 saturated heterocycles. The lowest BCUT2D eigenvalue weighted by atomic mass is 10.1. The second-order valence-electron chi connectivity index (χ2n) is 7.02. The van der Waals surface area contributed by atoms with Gasteiger partial charge in [0.1, 0.15) is 0 Å². The first-order valence-electron chi connectivity index (χ1n) is 9.82. The first kappa shape index (κ1) is 23.5. The molecule has 2 heterocycles. The number of thioether (sulfide) groups is 1. The molecule has 4 rings (SSSR count). The molecule has 1 aliphatic heterocycles. The van der Waals surface area contributed by atoms with E-state index in [0.29, 0.717) is 42.8 Å². The van der Waals surface area contributed by atoms with Gasteiger partial charge in [0.15, 0.2) is 0 Å². The van der Waals surface area contributed by atoms with Gasteiger partial charge in [0.05, 0.1) is 41.6 Å². The Labute approximate surface area is 199 Å². The topological polar surface area (TPSA) is 85.2 Å². The zero-order valence-electron chi connectivity index (χ0n) is 17.0. The first-order valence-corrected chi connectivity index (χ1v) is 11.6. The van der Waals surface area contributed by atoms with Gasteiger partial charge in [-0.05, 0) is 52.9 Å². The summed E-state index contributed by atoms with van der Waals surface area (Å²) in [5, 5.41) is 14.7. The molecule has 0 radical (unpaired) electrons. The number of ether oxygens (including phenoxy) is 1. The van der Waals surface area contributed by atoms with Gasteiger partial charge in [-0.2, -0.15) is 17.9 Å². The normalized spacial score (nSPS) is 14.4. The maximum Gasteiger partial charge on any atom is 0.416 e. The zero-order chi connectivity index (χ0) is 23.4. The number of anilines is 2. The minimum atomic E-state index is -4.48. The Balaban J connectivity index is 1.48. The van der Waals surface area contributed by atoms with Gasteiger partial charge in [0.2, 0.25) is 11.1 Å². The zero-order valence-corrected chi connectivity index (χ0v) is 19.5. The molecule has 174 valence electrons. The Morgan fingerprint density at radius 2 is 1.88 bits per heavy atom. The monoisotopic (exact) mass is 542 g/mol. The van der Waals surface area contributed by atoms with E-state index in [9.17, 15) is 18.0 Å². The Bertz CT molecular complexity index is 1120. The summed E-state index contributed by atoms with van der Waals surface area (Å²) < 4.78 is 47.4. The number of hydrogen-bond donors (Lipinski definition) is 1. The van der Waals surface area contributed by atoms with Crippen LogP contribution in [0.3, 0.4) is 0 Å². The molecule has 1 N–H and O–H groups in total. The fraction of sp³-hybridized carbons (Fsp3) is 0.300. The van der Waals surface area contributed by atoms with Gasteiger partial charge >= 0.3 is 6.18 Å². The van der Waals surface area contributed by atoms with Crippen molar-refractivity contribution in [3.8, 4) is 5.69 Å². The summed E-state index contributed by atoms with van der Waals surface area (Å²) in [5.41, 5.74) is 0.572. The minimum Gasteiger partial charge on any atom is -0.378 e. The molecule has 0 unspecified atom stereocenters. The first-order chi connectivity index (χ1) is 15.8. The van der Waals surface area contributed by atoms with Crippen molar-refractivity contribution < 1.29 is 22.7 Å². The number of rotatable bonds is 6. The number of benzene rings is 2. The summed E-state index contributed by atoms with van der Waals surface area (Å²) in [5.74, 6) is -0.417. The smallest absolute Gasteiger partial charge is 0.378 e. The summed E-state index contributed by atoms with van der Waals surface area (Å²) in [6, 6.07) is 10.6. The average molecular weight is 543 g/mol. The number of halogens is 4. The fourth-order valence-electron chi connectivity index (χ4n) is 3.21. The van der Waals surface area contributed by atoms with Crippen molar-refractivity contribution in [2.45, 2.75) is 11.3 Å². The van der Waals surface area contributed by atoms with E-state index in [-0.39, 0.29) is 11.7 Å². The molecule has 8 nitrogen and oxygen atoms in total. The third-order valence-corrected chi connectivity index (χ3v) is 6.24. The van der Waals surface area contributed by atoms with Crippen molar-refractivity contribution in [2.75, 3.05) is 42.3 Å². The van der Waals surface area contributed by atoms with Gasteiger partial charge < -0.3 is 15.0 Å². The third-order valence-electron chi connectivity index (χ3n) is 4.80. The molecule has 3 aromatic rings. The van der Waals surface area contributed by atoms with E-state index < -0.39 is 11.7 Å². The summed E-state index contributed by atoms with van der Waals surface area (Å²) in [6.07, 6.45) is -4.48. The van der Waals surface area contributed by atoms with Gasteiger partial charge in [0, 0.05) is 17.6 Å². The van der Waals surface area contributed by atoms with Crippen LogP contribution >= 0.6 is 27.7 Å². The van der Waals surface area contributed by atoms with E-state index in [1.807, 2.05) is 24.3 Å². The highest BCUT2D eigenvalue weighted by Crippen LogP contribution is 2.36. The molecular formula is C20H18BrF3N6O2S. The lowest BCUT2D eigenvalue weighted by Gasteiger charge is -2.31. The predicted molar refractivity (Wildman–Crippen MR) is 121 cm³/mol. The molecule has 0 bridgehead atoms. The Morgan fingerprint density at radius 3 is 2.58 bits per heavy atom. The number of carbonyl (C=O) groups is 1. The molecule has 1 aromatic heterocycles. The standard InChI is InChI=1S/C20H18BrF3N6O2S/c21-14-2-4-15(5-3-14)30-19(26-27-28-30)33-12-18(31)25-16-6-1-13(20(22,23)24)11-17(16)29-7-9-32-10-8-29/h1-6,11H,7-10,12H2,(H,25,31). The number of amides is 1. The number of aromatic nitrogens is 4. The highest BCUT2D eigenvalue weighted by Gasteiger charge is 2.32. The van der Waals surface area contributed by atoms with Crippen molar-refractivity contribution in [3.63, 3.8) is 0 Å². The van der Waals surface area contributed by atoms with Crippen molar-refractivity contribution in [1.29, 1.82) is 0 Å². The van der Waals surface area contributed by atoms with Gasteiger partial charge in [-0.1, -0.05) is 27.7 Å². The van der Waals surface area contributed by atoms with Crippen LogP contribution in [0.5, 0.6) is 0 Å². The number of tetrazole rings is 1. The van der Waals surface area contributed by atoms with E-state index in [1.54, 1.807) is 4.90 Å². The third kappa shape index (κ3) is 5.84. The molecule has 1 fully saturated rings. The fourth-order valence-corrected chi connectivity index (χ4v) is 4.16. The lowest BCUT2D eigenvalue weighted by Crippen LogP contribution is -2.37. The predicted octanol–water partition coefficient (Wildman–Crippen LogP) is 4.01. The Kier molecular flexibility index (Phi) is 7.20. The van der Waals surface area contributed by atoms with E-state index in [0.717, 1.165) is 34.1 Å². The van der Waals surface area contributed by atoms with Gasteiger partial charge in [-0.25, -0.2) is 0 Å². The van der Waals surface area contributed by atoms with Gasteiger partial charge in [-0.15, -0.1) is 5.10 Å². The lowest BCUT2D eigenvalue weighted by molar-refractivity contribution is -0.137. The van der Waals surface area contributed by atoms with E-state index >= 15 is 0 Å². The summed E-state index contributed by atoms with van der Waals surface area (Å²) in [4.78, 5) is 14.4. The molecule has 0 saturated carbocycles. The Hall–Kier alpha value is -2.64. The van der Waals surface area contributed by atoms with Crippen molar-refractivity contribution in [2.24, 2.45) is 0 Å². The van der Waals surface area contributed by atoms with E-state index in [1.165, 1.54) is 10.7 Å². The largest absolute Gasteiger partial charge is 0.416 e. The van der Waals surface area contributed by atoms with Crippen molar-refractivity contribution in [3.05, 3.63) is 52.5 Å². The molecule has 1 amide bonds. The molecule has 33 heavy (non-hydrogen) atoms. The number of hydrogen-bond acceptors (Lipinski definition) is 7. The van der Waals surface area contributed by atoms with Crippen LogP contribution in [-0.2, 0) is 15.7 Å². The number of nitrogens with one attached hydrogen (secondary N) is 1. The second kappa shape index (κ2) is 10.1. The average Bonchev–Trinajstić information content (AvgIpc) is 3.27. The summed E-state index contributed by atoms with van der Waals surface area (Å²) in [7, 11) is 0. The number of carbonyl (C=O) groups excluding carboxylic acids is 1. The van der Waals surface area contributed by atoms with Crippen LogP contribution in [-0.4, -0.2) is 58.2 Å². The van der Waals surface area contributed by atoms with Crippen LogP contribution in [0, 0.1) is 0 Å². The second-order valence-corrected chi connectivity index (χ2v) is 8.87. The van der Waals surface area contributed by atoms with Crippen LogP contribution in [0.2, 0.25) is 0 Å². The van der Waals surface area contributed by atoms with Crippen LogP contribution in [0.1, 0.15) is 5.56 Å². The molecule has 0 atom stereocenters. The van der Waals surface area contributed by atoms with Crippen LogP contribution < -0.4 is 10.2 Å². The number of alkyl halides is 3. The maximum absolute atomic E-state index is 13.2. The Morgan fingerprint density at radius 1 is 1.15 bits per heavy atom. The molecule has 2 aromatic carbocycles. The molecule has 0 spiro atoms.